The van der Waals surface area contributed by atoms with E-state index in [2.05, 4.69) is 10.5 Å². The van der Waals surface area contributed by atoms with Gasteiger partial charge in [0.25, 0.3) is 11.8 Å². The van der Waals surface area contributed by atoms with Crippen LogP contribution in [0.1, 0.15) is 11.8 Å². The molecule has 1 aromatic carbocycles. The largest absolute Gasteiger partial charge is 0.477 e. The Morgan fingerprint density at radius 1 is 1.40 bits per heavy atom. The highest BCUT2D eigenvalue weighted by Crippen LogP contribution is 2.40. The summed E-state index contributed by atoms with van der Waals surface area (Å²) >= 11 is 2.42. The minimum Gasteiger partial charge on any atom is -0.477 e. The third kappa shape index (κ3) is 3.23. The Kier molecular flexibility index (Phi) is 5.24. The molecule has 2 aliphatic rings. The van der Waals surface area contributed by atoms with Gasteiger partial charge in [-0.3, -0.25) is 14.5 Å². The van der Waals surface area contributed by atoms with Crippen LogP contribution in [0.2, 0.25) is 0 Å². The maximum absolute atomic E-state index is 14.0. The van der Waals surface area contributed by atoms with Crippen LogP contribution in [0.4, 0.5) is 4.39 Å². The zero-order valence-electron chi connectivity index (χ0n) is 15.8. The van der Waals surface area contributed by atoms with E-state index in [9.17, 15) is 23.9 Å². The van der Waals surface area contributed by atoms with Gasteiger partial charge < -0.3 is 15.3 Å². The number of amides is 2. The number of fused-ring (bicyclic) bond motifs is 2. The van der Waals surface area contributed by atoms with Crippen molar-refractivity contribution in [2.45, 2.75) is 18.3 Å². The first kappa shape index (κ1) is 20.4. The molecule has 4 rings (SSSR count). The number of thiophene rings is 1. The van der Waals surface area contributed by atoms with Gasteiger partial charge in [0.1, 0.15) is 30.0 Å². The number of hydrogen-bond acceptors (Lipinski definition) is 7. The standard InChI is InChI=1S/C19H16FN3O5S2/c1-8-7-29-18-13(17(25)23(18)14(8)19(26)27)21-16(24)12(22-28-2)11-6-9-4-3-5-10(20)15(9)30-11/h3-6,13,18H,7H2,1-2H3,(H,21,24)(H,26,27)/b22-12+/t13?,18-/m1/s1. The van der Waals surface area contributed by atoms with Crippen molar-refractivity contribution >= 4 is 56.7 Å². The van der Waals surface area contributed by atoms with Crippen LogP contribution in [0.3, 0.4) is 0 Å². The zero-order chi connectivity index (χ0) is 21.6. The summed E-state index contributed by atoms with van der Waals surface area (Å²) in [5, 5.41) is 15.9. The Bertz CT molecular complexity index is 1140. The van der Waals surface area contributed by atoms with Crippen molar-refractivity contribution < 1.29 is 28.7 Å². The molecule has 2 amide bonds. The van der Waals surface area contributed by atoms with Crippen LogP contribution in [0.5, 0.6) is 0 Å². The minimum absolute atomic E-state index is 0.0417. The van der Waals surface area contributed by atoms with E-state index in [1.165, 1.54) is 29.8 Å². The molecule has 8 nitrogen and oxygen atoms in total. The second-order valence-electron chi connectivity index (χ2n) is 6.69. The van der Waals surface area contributed by atoms with Crippen molar-refractivity contribution in [1.29, 1.82) is 0 Å². The van der Waals surface area contributed by atoms with E-state index in [4.69, 9.17) is 4.84 Å². The number of carboxylic acids is 1. The first-order valence-electron chi connectivity index (χ1n) is 8.81. The summed E-state index contributed by atoms with van der Waals surface area (Å²) < 4.78 is 14.4. The van der Waals surface area contributed by atoms with Gasteiger partial charge >= 0.3 is 5.97 Å². The topological polar surface area (TPSA) is 108 Å². The lowest BCUT2D eigenvalue weighted by Gasteiger charge is -2.49. The summed E-state index contributed by atoms with van der Waals surface area (Å²) in [5.74, 6) is -2.31. The Morgan fingerprint density at radius 2 is 2.17 bits per heavy atom. The Morgan fingerprint density at radius 3 is 2.83 bits per heavy atom. The van der Waals surface area contributed by atoms with E-state index in [1.807, 2.05) is 0 Å². The molecule has 2 aliphatic heterocycles. The van der Waals surface area contributed by atoms with Crippen LogP contribution in [-0.4, -0.2) is 57.8 Å². The van der Waals surface area contributed by atoms with Crippen molar-refractivity contribution in [3.8, 4) is 0 Å². The van der Waals surface area contributed by atoms with Gasteiger partial charge in [-0.1, -0.05) is 17.3 Å². The number of aliphatic carboxylic acids is 1. The number of rotatable bonds is 5. The molecule has 2 aromatic rings. The Hall–Kier alpha value is -2.92. The molecular formula is C19H16FN3O5S2. The van der Waals surface area contributed by atoms with Crippen molar-refractivity contribution in [2.75, 3.05) is 12.9 Å². The summed E-state index contributed by atoms with van der Waals surface area (Å²) in [5.41, 5.74) is 0.464. The van der Waals surface area contributed by atoms with Gasteiger partial charge in [0, 0.05) is 5.75 Å². The fourth-order valence-electron chi connectivity index (χ4n) is 3.42. The number of hydrogen-bond donors (Lipinski definition) is 2. The smallest absolute Gasteiger partial charge is 0.352 e. The van der Waals surface area contributed by atoms with Gasteiger partial charge in [-0.25, -0.2) is 9.18 Å². The van der Waals surface area contributed by atoms with Crippen molar-refractivity contribution in [2.24, 2.45) is 5.16 Å². The highest BCUT2D eigenvalue weighted by atomic mass is 32.2. The molecule has 156 valence electrons. The highest BCUT2D eigenvalue weighted by molar-refractivity contribution is 8.00. The molecule has 1 aromatic heterocycles. The van der Waals surface area contributed by atoms with Gasteiger partial charge in [-0.2, -0.15) is 0 Å². The number of halogens is 1. The molecule has 2 N–H and O–H groups in total. The van der Waals surface area contributed by atoms with E-state index in [0.29, 0.717) is 26.3 Å². The molecule has 11 heteroatoms. The fourth-order valence-corrected chi connectivity index (χ4v) is 5.75. The Balaban J connectivity index is 1.58. The lowest BCUT2D eigenvalue weighted by molar-refractivity contribution is -0.150. The van der Waals surface area contributed by atoms with Crippen LogP contribution >= 0.6 is 23.1 Å². The number of nitrogens with zero attached hydrogens (tertiary/aromatic N) is 2. The minimum atomic E-state index is -1.18. The molecule has 0 spiro atoms. The molecule has 0 bridgehead atoms. The summed E-state index contributed by atoms with van der Waals surface area (Å²) in [6.45, 7) is 1.66. The van der Waals surface area contributed by atoms with Crippen LogP contribution in [0.25, 0.3) is 10.1 Å². The van der Waals surface area contributed by atoms with Gasteiger partial charge in [0.2, 0.25) is 0 Å². The van der Waals surface area contributed by atoms with E-state index < -0.39 is 35.0 Å². The number of nitrogens with one attached hydrogen (secondary N) is 1. The van der Waals surface area contributed by atoms with Crippen molar-refractivity contribution in [3.05, 3.63) is 46.2 Å². The SMILES string of the molecule is CO/N=C(/C(=O)NC1C(=O)N2C(C(=O)O)=C(C)CS[C@H]12)c1cc2cccc(F)c2s1. The predicted octanol–water partition coefficient (Wildman–Crippen LogP) is 2.15. The van der Waals surface area contributed by atoms with Gasteiger partial charge in [-0.05, 0) is 30.0 Å². The van der Waals surface area contributed by atoms with Crippen LogP contribution < -0.4 is 5.32 Å². The third-order valence-electron chi connectivity index (χ3n) is 4.78. The van der Waals surface area contributed by atoms with E-state index in [0.717, 1.165) is 11.3 Å². The average molecular weight is 449 g/mol. The molecule has 1 unspecified atom stereocenters. The molecule has 30 heavy (non-hydrogen) atoms. The number of carboxylic acid groups (broad SMARTS) is 1. The average Bonchev–Trinajstić information content (AvgIpc) is 3.14. The monoisotopic (exact) mass is 449 g/mol. The number of thioether (sulfide) groups is 1. The van der Waals surface area contributed by atoms with Gasteiger partial charge in [0.15, 0.2) is 5.71 Å². The maximum Gasteiger partial charge on any atom is 0.352 e. The second kappa shape index (κ2) is 7.73. The molecule has 1 fully saturated rings. The zero-order valence-corrected chi connectivity index (χ0v) is 17.5. The third-order valence-corrected chi connectivity index (χ3v) is 7.37. The number of carbonyl (C=O) groups is 3. The molecule has 1 saturated heterocycles. The molecule has 0 aliphatic carbocycles. The highest BCUT2D eigenvalue weighted by Gasteiger charge is 2.54. The predicted molar refractivity (Wildman–Crippen MR) is 111 cm³/mol. The van der Waals surface area contributed by atoms with E-state index in [1.54, 1.807) is 25.1 Å². The molecule has 2 atom stereocenters. The quantitative estimate of drug-likeness (QED) is 0.411. The lowest BCUT2D eigenvalue weighted by Crippen LogP contribution is -2.71. The maximum atomic E-state index is 14.0. The molecule has 3 heterocycles. The number of β-lactam (4-membered cyclic amide) rings is 1. The van der Waals surface area contributed by atoms with Gasteiger partial charge in [0.05, 0.1) is 9.58 Å². The molecule has 0 radical (unpaired) electrons. The normalized spacial score (nSPS) is 21.4. The second-order valence-corrected chi connectivity index (χ2v) is 8.84. The number of benzene rings is 1. The lowest BCUT2D eigenvalue weighted by atomic mass is 10.0. The summed E-state index contributed by atoms with van der Waals surface area (Å²) in [7, 11) is 1.28. The summed E-state index contributed by atoms with van der Waals surface area (Å²) in [6.07, 6.45) is 0. The molecule has 0 saturated carbocycles. The first-order valence-corrected chi connectivity index (χ1v) is 10.7. The summed E-state index contributed by atoms with van der Waals surface area (Å²) in [4.78, 5) is 43.3. The number of oxime groups is 1. The van der Waals surface area contributed by atoms with Crippen LogP contribution in [0.15, 0.2) is 40.7 Å². The van der Waals surface area contributed by atoms with Crippen molar-refractivity contribution in [1.82, 2.24) is 10.2 Å². The van der Waals surface area contributed by atoms with Gasteiger partial charge in [-0.15, -0.1) is 23.1 Å². The van der Waals surface area contributed by atoms with Crippen molar-refractivity contribution in [3.63, 3.8) is 0 Å². The molecular weight excluding hydrogens is 433 g/mol. The van der Waals surface area contributed by atoms with E-state index in [-0.39, 0.29) is 11.4 Å². The first-order chi connectivity index (χ1) is 14.3. The van der Waals surface area contributed by atoms with E-state index >= 15 is 0 Å². The number of carbonyl (C=O) groups excluding carboxylic acids is 2. The van der Waals surface area contributed by atoms with Crippen LogP contribution in [0, 0.1) is 5.82 Å². The fraction of sp³-hybridized carbons (Fsp3) is 0.263. The van der Waals surface area contributed by atoms with Crippen LogP contribution in [-0.2, 0) is 19.2 Å². The Labute approximate surface area is 178 Å². The summed E-state index contributed by atoms with van der Waals surface area (Å²) in [6, 6.07) is 5.35.